The molecule has 0 fully saturated rings. The molecule has 0 atom stereocenters. The first-order chi connectivity index (χ1) is 9.49. The lowest BCUT2D eigenvalue weighted by atomic mass is 10.1. The number of carbonyl (C=O) groups excluding carboxylic acids is 1. The smallest absolute Gasteiger partial charge is 0.251 e. The Morgan fingerprint density at radius 3 is 2.35 bits per heavy atom. The van der Waals surface area contributed by atoms with Gasteiger partial charge in [-0.3, -0.25) is 9.48 Å². The first-order valence-electron chi connectivity index (χ1n) is 6.84. The van der Waals surface area contributed by atoms with Crippen LogP contribution in [0.5, 0.6) is 0 Å². The van der Waals surface area contributed by atoms with E-state index in [-0.39, 0.29) is 5.91 Å². The number of nitrogens with zero attached hydrogens (tertiary/aromatic N) is 2. The third-order valence-electron chi connectivity index (χ3n) is 3.67. The van der Waals surface area contributed by atoms with E-state index in [0.717, 1.165) is 17.0 Å². The summed E-state index contributed by atoms with van der Waals surface area (Å²) in [6.45, 7) is 9.40. The van der Waals surface area contributed by atoms with Crippen molar-refractivity contribution in [1.29, 1.82) is 0 Å². The molecule has 1 aromatic carbocycles. The van der Waals surface area contributed by atoms with Crippen LogP contribution in [-0.2, 0) is 6.54 Å². The van der Waals surface area contributed by atoms with Gasteiger partial charge < -0.3 is 5.32 Å². The number of carbonyl (C=O) groups is 1. The Bertz CT molecular complexity index is 611. The van der Waals surface area contributed by atoms with Crippen LogP contribution >= 0.6 is 0 Å². The summed E-state index contributed by atoms with van der Waals surface area (Å²) in [5.74, 6) is -0.0387. The van der Waals surface area contributed by atoms with Crippen molar-refractivity contribution in [1.82, 2.24) is 15.1 Å². The number of amides is 1. The van der Waals surface area contributed by atoms with Gasteiger partial charge in [0.1, 0.15) is 0 Å². The lowest BCUT2D eigenvalue weighted by Crippen LogP contribution is -2.27. The minimum Gasteiger partial charge on any atom is -0.350 e. The van der Waals surface area contributed by atoms with Gasteiger partial charge in [-0.15, -0.1) is 0 Å². The second-order valence-electron chi connectivity index (χ2n) is 5.14. The number of nitrogens with one attached hydrogen (secondary N) is 1. The van der Waals surface area contributed by atoms with Gasteiger partial charge in [-0.1, -0.05) is 17.7 Å². The number of benzene rings is 1. The summed E-state index contributed by atoms with van der Waals surface area (Å²) in [6.07, 6.45) is 0. The predicted molar refractivity (Wildman–Crippen MR) is 80.0 cm³/mol. The second kappa shape index (κ2) is 5.90. The van der Waals surface area contributed by atoms with Crippen molar-refractivity contribution in [2.24, 2.45) is 0 Å². The minimum atomic E-state index is -0.0387. The van der Waals surface area contributed by atoms with Crippen molar-refractivity contribution in [3.8, 4) is 0 Å². The summed E-state index contributed by atoms with van der Waals surface area (Å²) >= 11 is 0. The molecule has 0 radical (unpaired) electrons. The first kappa shape index (κ1) is 14.3. The molecule has 1 aromatic heterocycles. The van der Waals surface area contributed by atoms with Crippen molar-refractivity contribution in [2.45, 2.75) is 34.2 Å². The Labute approximate surface area is 119 Å². The van der Waals surface area contributed by atoms with Gasteiger partial charge in [-0.05, 0) is 45.4 Å². The van der Waals surface area contributed by atoms with E-state index >= 15 is 0 Å². The maximum Gasteiger partial charge on any atom is 0.251 e. The molecule has 0 saturated carbocycles. The number of hydrogen-bond donors (Lipinski definition) is 1. The molecule has 0 aliphatic heterocycles. The van der Waals surface area contributed by atoms with Crippen molar-refractivity contribution in [3.05, 3.63) is 52.3 Å². The van der Waals surface area contributed by atoms with Crippen molar-refractivity contribution in [2.75, 3.05) is 6.54 Å². The Hall–Kier alpha value is -2.10. The highest BCUT2D eigenvalue weighted by Crippen LogP contribution is 2.10. The third-order valence-corrected chi connectivity index (χ3v) is 3.67. The average Bonchev–Trinajstić information content (AvgIpc) is 2.67. The van der Waals surface area contributed by atoms with Crippen LogP contribution < -0.4 is 5.32 Å². The van der Waals surface area contributed by atoms with E-state index in [2.05, 4.69) is 24.3 Å². The summed E-state index contributed by atoms with van der Waals surface area (Å²) in [4.78, 5) is 12.0. The fourth-order valence-electron chi connectivity index (χ4n) is 2.09. The summed E-state index contributed by atoms with van der Waals surface area (Å²) in [5.41, 5.74) is 5.27. The largest absolute Gasteiger partial charge is 0.350 e. The SMILES string of the molecule is Cc1ccc(C(=O)NCCn2nc(C)c(C)c2C)cc1. The maximum atomic E-state index is 12.0. The molecule has 0 unspecified atom stereocenters. The molecule has 106 valence electrons. The molecule has 0 spiro atoms. The van der Waals surface area contributed by atoms with Crippen LogP contribution in [-0.4, -0.2) is 22.2 Å². The van der Waals surface area contributed by atoms with Crippen molar-refractivity contribution < 1.29 is 4.79 Å². The highest BCUT2D eigenvalue weighted by molar-refractivity contribution is 5.94. The van der Waals surface area contributed by atoms with Gasteiger partial charge in [-0.2, -0.15) is 5.10 Å². The zero-order valence-corrected chi connectivity index (χ0v) is 12.5. The van der Waals surface area contributed by atoms with E-state index in [9.17, 15) is 4.79 Å². The lowest BCUT2D eigenvalue weighted by Gasteiger charge is -2.07. The van der Waals surface area contributed by atoms with Gasteiger partial charge in [-0.25, -0.2) is 0 Å². The van der Waals surface area contributed by atoms with Gasteiger partial charge in [0.05, 0.1) is 12.2 Å². The van der Waals surface area contributed by atoms with Crippen LogP contribution in [0, 0.1) is 27.7 Å². The monoisotopic (exact) mass is 271 g/mol. The predicted octanol–water partition coefficient (Wildman–Crippen LogP) is 2.55. The molecular formula is C16H21N3O. The molecule has 1 heterocycles. The third kappa shape index (κ3) is 3.07. The van der Waals surface area contributed by atoms with Gasteiger partial charge in [0, 0.05) is 17.8 Å². The Morgan fingerprint density at radius 2 is 1.80 bits per heavy atom. The second-order valence-corrected chi connectivity index (χ2v) is 5.14. The lowest BCUT2D eigenvalue weighted by molar-refractivity contribution is 0.0952. The Morgan fingerprint density at radius 1 is 1.15 bits per heavy atom. The normalized spacial score (nSPS) is 10.6. The zero-order chi connectivity index (χ0) is 14.7. The highest BCUT2D eigenvalue weighted by Gasteiger charge is 2.08. The Balaban J connectivity index is 1.91. The van der Waals surface area contributed by atoms with Gasteiger partial charge in [0.2, 0.25) is 0 Å². The van der Waals surface area contributed by atoms with E-state index in [0.29, 0.717) is 18.7 Å². The van der Waals surface area contributed by atoms with E-state index in [4.69, 9.17) is 0 Å². The molecule has 0 saturated heterocycles. The standard InChI is InChI=1S/C16H21N3O/c1-11-5-7-15(8-6-11)16(20)17-9-10-19-14(4)12(2)13(3)18-19/h5-8H,9-10H2,1-4H3,(H,17,20). The minimum absolute atomic E-state index is 0.0387. The van der Waals surface area contributed by atoms with Gasteiger partial charge >= 0.3 is 0 Å². The number of rotatable bonds is 4. The summed E-state index contributed by atoms with van der Waals surface area (Å²) in [5, 5.41) is 7.38. The molecule has 4 heteroatoms. The fourth-order valence-corrected chi connectivity index (χ4v) is 2.09. The van der Waals surface area contributed by atoms with E-state index in [1.165, 1.54) is 5.56 Å². The highest BCUT2D eigenvalue weighted by atomic mass is 16.1. The van der Waals surface area contributed by atoms with E-state index < -0.39 is 0 Å². The molecule has 4 nitrogen and oxygen atoms in total. The van der Waals surface area contributed by atoms with Crippen molar-refractivity contribution in [3.63, 3.8) is 0 Å². The van der Waals surface area contributed by atoms with E-state index in [1.807, 2.05) is 42.8 Å². The van der Waals surface area contributed by atoms with Crippen LogP contribution in [0.1, 0.15) is 32.9 Å². The van der Waals surface area contributed by atoms with Crippen molar-refractivity contribution >= 4 is 5.91 Å². The van der Waals surface area contributed by atoms with Crippen LogP contribution in [0.4, 0.5) is 0 Å². The number of aromatic nitrogens is 2. The first-order valence-corrected chi connectivity index (χ1v) is 6.84. The van der Waals surface area contributed by atoms with Crippen LogP contribution in [0.15, 0.2) is 24.3 Å². The summed E-state index contributed by atoms with van der Waals surface area (Å²) in [7, 11) is 0. The molecule has 0 bridgehead atoms. The molecule has 20 heavy (non-hydrogen) atoms. The summed E-state index contributed by atoms with van der Waals surface area (Å²) in [6, 6.07) is 7.58. The Kier molecular flexibility index (Phi) is 4.23. The molecular weight excluding hydrogens is 250 g/mol. The molecule has 1 amide bonds. The quantitative estimate of drug-likeness (QED) is 0.929. The maximum absolute atomic E-state index is 12.0. The topological polar surface area (TPSA) is 46.9 Å². The average molecular weight is 271 g/mol. The van der Waals surface area contributed by atoms with Gasteiger partial charge in [0.15, 0.2) is 0 Å². The van der Waals surface area contributed by atoms with Gasteiger partial charge in [0.25, 0.3) is 5.91 Å². The molecule has 1 N–H and O–H groups in total. The molecule has 2 aromatic rings. The zero-order valence-electron chi connectivity index (χ0n) is 12.5. The van der Waals surface area contributed by atoms with E-state index in [1.54, 1.807) is 0 Å². The molecule has 2 rings (SSSR count). The van der Waals surface area contributed by atoms with Crippen LogP contribution in [0.25, 0.3) is 0 Å². The molecule has 0 aliphatic carbocycles. The summed E-state index contributed by atoms with van der Waals surface area (Å²) < 4.78 is 1.94. The van der Waals surface area contributed by atoms with Crippen LogP contribution in [0.2, 0.25) is 0 Å². The van der Waals surface area contributed by atoms with Crippen LogP contribution in [0.3, 0.4) is 0 Å². The molecule has 0 aliphatic rings. The fraction of sp³-hybridized carbons (Fsp3) is 0.375. The number of aryl methyl sites for hydroxylation is 2. The number of hydrogen-bond acceptors (Lipinski definition) is 2.